The highest BCUT2D eigenvalue weighted by molar-refractivity contribution is 5.98. The van der Waals surface area contributed by atoms with Gasteiger partial charge >= 0.3 is 0 Å². The van der Waals surface area contributed by atoms with Crippen LogP contribution in [0.15, 0.2) is 53.7 Å². The predicted molar refractivity (Wildman–Crippen MR) is 81.2 cm³/mol. The van der Waals surface area contributed by atoms with E-state index in [1.807, 2.05) is 18.2 Å². The van der Waals surface area contributed by atoms with Gasteiger partial charge in [0.2, 0.25) is 5.91 Å². The van der Waals surface area contributed by atoms with Gasteiger partial charge in [0.1, 0.15) is 0 Å². The van der Waals surface area contributed by atoms with Gasteiger partial charge < -0.3 is 22.0 Å². The molecule has 6 heteroatoms. The Morgan fingerprint density at radius 1 is 1.10 bits per heavy atom. The maximum absolute atomic E-state index is 11.0. The molecule has 108 valence electrons. The molecule has 6 nitrogen and oxygen atoms in total. The van der Waals surface area contributed by atoms with Gasteiger partial charge in [-0.05, 0) is 29.8 Å². The van der Waals surface area contributed by atoms with E-state index in [-0.39, 0.29) is 5.84 Å². The van der Waals surface area contributed by atoms with Crippen LogP contribution in [0.2, 0.25) is 0 Å². The topological polar surface area (TPSA) is 114 Å². The summed E-state index contributed by atoms with van der Waals surface area (Å²) in [6.07, 6.45) is 0. The average Bonchev–Trinajstić information content (AvgIpc) is 2.52. The highest BCUT2D eigenvalue weighted by atomic mass is 16.4. The number of primary amides is 1. The molecule has 0 aliphatic heterocycles. The van der Waals surface area contributed by atoms with Crippen molar-refractivity contribution in [3.63, 3.8) is 0 Å². The van der Waals surface area contributed by atoms with Crippen molar-refractivity contribution < 1.29 is 10.0 Å². The number of amidine groups is 1. The molecule has 21 heavy (non-hydrogen) atoms. The van der Waals surface area contributed by atoms with Crippen LogP contribution in [0, 0.1) is 0 Å². The van der Waals surface area contributed by atoms with E-state index < -0.39 is 5.91 Å². The summed E-state index contributed by atoms with van der Waals surface area (Å²) in [6, 6.07) is 14.2. The van der Waals surface area contributed by atoms with Crippen LogP contribution >= 0.6 is 0 Å². The number of nitrogens with two attached hydrogens (primary N) is 2. The molecule has 0 unspecified atom stereocenters. The molecular weight excluding hydrogens is 268 g/mol. The summed E-state index contributed by atoms with van der Waals surface area (Å²) in [4.78, 5) is 11.0. The lowest BCUT2D eigenvalue weighted by molar-refractivity contribution is 0.100. The fourth-order valence-corrected chi connectivity index (χ4v) is 1.93. The van der Waals surface area contributed by atoms with Gasteiger partial charge in [-0.25, -0.2) is 0 Å². The molecular formula is C15H16N4O2. The molecule has 0 aliphatic rings. The van der Waals surface area contributed by atoms with E-state index in [1.165, 1.54) is 0 Å². The SMILES string of the molecule is NC(=O)c1ccc(NCc2ccccc2C(N)=NO)cc1. The van der Waals surface area contributed by atoms with Crippen molar-refractivity contribution in [1.82, 2.24) is 0 Å². The first kappa shape index (κ1) is 14.4. The van der Waals surface area contributed by atoms with Crippen molar-refractivity contribution in [2.45, 2.75) is 6.54 Å². The second kappa shape index (κ2) is 6.42. The Labute approximate surface area is 122 Å². The third kappa shape index (κ3) is 3.50. The molecule has 6 N–H and O–H groups in total. The zero-order valence-corrected chi connectivity index (χ0v) is 11.3. The lowest BCUT2D eigenvalue weighted by atomic mass is 10.1. The van der Waals surface area contributed by atoms with Gasteiger partial charge in [-0.1, -0.05) is 29.4 Å². The highest BCUT2D eigenvalue weighted by Gasteiger charge is 2.06. The number of nitrogens with one attached hydrogen (secondary N) is 1. The van der Waals surface area contributed by atoms with Gasteiger partial charge in [-0.2, -0.15) is 0 Å². The Balaban J connectivity index is 2.11. The minimum absolute atomic E-state index is 0.0662. The van der Waals surface area contributed by atoms with Crippen LogP contribution in [0.1, 0.15) is 21.5 Å². The summed E-state index contributed by atoms with van der Waals surface area (Å²) in [6.45, 7) is 0.502. The first-order valence-corrected chi connectivity index (χ1v) is 6.31. The maximum atomic E-state index is 11.0. The first-order chi connectivity index (χ1) is 10.1. The number of nitrogens with zero attached hydrogens (tertiary/aromatic N) is 1. The van der Waals surface area contributed by atoms with E-state index in [9.17, 15) is 4.79 Å². The van der Waals surface area contributed by atoms with Crippen molar-refractivity contribution in [1.29, 1.82) is 0 Å². The lowest BCUT2D eigenvalue weighted by Crippen LogP contribution is -2.16. The van der Waals surface area contributed by atoms with E-state index in [0.29, 0.717) is 17.7 Å². The Kier molecular flexibility index (Phi) is 4.40. The van der Waals surface area contributed by atoms with Gasteiger partial charge in [0.15, 0.2) is 5.84 Å². The van der Waals surface area contributed by atoms with Crippen molar-refractivity contribution in [3.05, 3.63) is 65.2 Å². The molecule has 0 fully saturated rings. The minimum Gasteiger partial charge on any atom is -0.409 e. The third-order valence-corrected chi connectivity index (χ3v) is 3.05. The Bertz CT molecular complexity index is 666. The van der Waals surface area contributed by atoms with Crippen LogP contribution in [0.25, 0.3) is 0 Å². The largest absolute Gasteiger partial charge is 0.409 e. The average molecular weight is 284 g/mol. The van der Waals surface area contributed by atoms with Gasteiger partial charge in [0.25, 0.3) is 0 Å². The fraction of sp³-hybridized carbons (Fsp3) is 0.0667. The summed E-state index contributed by atoms with van der Waals surface area (Å²) >= 11 is 0. The van der Waals surface area contributed by atoms with Gasteiger partial charge in [-0.15, -0.1) is 0 Å². The van der Waals surface area contributed by atoms with Crippen LogP contribution in [0.4, 0.5) is 5.69 Å². The minimum atomic E-state index is -0.459. The lowest BCUT2D eigenvalue weighted by Gasteiger charge is -2.10. The number of hydrogen-bond acceptors (Lipinski definition) is 4. The molecule has 0 spiro atoms. The quantitative estimate of drug-likeness (QED) is 0.288. The summed E-state index contributed by atoms with van der Waals surface area (Å²) in [7, 11) is 0. The summed E-state index contributed by atoms with van der Waals surface area (Å²) in [5.74, 6) is -0.393. The first-order valence-electron chi connectivity index (χ1n) is 6.31. The number of carbonyl (C=O) groups excluding carboxylic acids is 1. The Morgan fingerprint density at radius 3 is 2.38 bits per heavy atom. The molecule has 0 saturated heterocycles. The molecule has 2 rings (SSSR count). The van der Waals surface area contributed by atoms with Crippen LogP contribution in [0.3, 0.4) is 0 Å². The van der Waals surface area contributed by atoms with Gasteiger partial charge in [0.05, 0.1) is 0 Å². The number of oxime groups is 1. The number of anilines is 1. The van der Waals surface area contributed by atoms with Crippen LogP contribution in [-0.4, -0.2) is 17.0 Å². The van der Waals surface area contributed by atoms with E-state index >= 15 is 0 Å². The smallest absolute Gasteiger partial charge is 0.248 e. The van der Waals surface area contributed by atoms with E-state index in [1.54, 1.807) is 30.3 Å². The molecule has 0 bridgehead atoms. The molecule has 0 saturated carbocycles. The van der Waals surface area contributed by atoms with E-state index in [0.717, 1.165) is 11.3 Å². The zero-order chi connectivity index (χ0) is 15.2. The van der Waals surface area contributed by atoms with Gasteiger partial charge in [0, 0.05) is 23.4 Å². The second-order valence-electron chi connectivity index (χ2n) is 4.44. The Morgan fingerprint density at radius 2 is 1.76 bits per heavy atom. The third-order valence-electron chi connectivity index (χ3n) is 3.05. The highest BCUT2D eigenvalue weighted by Crippen LogP contribution is 2.13. The number of amides is 1. The van der Waals surface area contributed by atoms with Gasteiger partial charge in [-0.3, -0.25) is 4.79 Å². The second-order valence-corrected chi connectivity index (χ2v) is 4.44. The van der Waals surface area contributed by atoms with Crippen LogP contribution in [-0.2, 0) is 6.54 Å². The van der Waals surface area contributed by atoms with Crippen molar-refractivity contribution in [3.8, 4) is 0 Å². The number of carbonyl (C=O) groups is 1. The number of hydrogen-bond donors (Lipinski definition) is 4. The van der Waals surface area contributed by atoms with Crippen molar-refractivity contribution >= 4 is 17.4 Å². The molecule has 0 radical (unpaired) electrons. The van der Waals surface area contributed by atoms with E-state index in [4.69, 9.17) is 16.7 Å². The number of rotatable bonds is 5. The summed E-state index contributed by atoms with van der Waals surface area (Å²) in [5, 5.41) is 15.0. The molecule has 2 aromatic rings. The van der Waals surface area contributed by atoms with Crippen molar-refractivity contribution in [2.75, 3.05) is 5.32 Å². The van der Waals surface area contributed by atoms with E-state index in [2.05, 4.69) is 10.5 Å². The molecule has 2 aromatic carbocycles. The molecule has 0 aliphatic carbocycles. The van der Waals surface area contributed by atoms with Crippen molar-refractivity contribution in [2.24, 2.45) is 16.6 Å². The monoisotopic (exact) mass is 284 g/mol. The molecule has 0 atom stereocenters. The standard InChI is InChI=1S/C15H16N4O2/c16-14(19-21)13-4-2-1-3-11(13)9-18-12-7-5-10(6-8-12)15(17)20/h1-8,18,21H,9H2,(H2,16,19)(H2,17,20). The zero-order valence-electron chi connectivity index (χ0n) is 11.3. The van der Waals surface area contributed by atoms with Crippen LogP contribution in [0.5, 0.6) is 0 Å². The summed E-state index contributed by atoms with van der Waals surface area (Å²) < 4.78 is 0. The molecule has 0 aromatic heterocycles. The predicted octanol–water partition coefficient (Wildman–Crippen LogP) is 1.49. The maximum Gasteiger partial charge on any atom is 0.248 e. The Hall–Kier alpha value is -3.02. The fourth-order valence-electron chi connectivity index (χ4n) is 1.93. The molecule has 1 amide bonds. The summed E-state index contributed by atoms with van der Waals surface area (Å²) in [5.41, 5.74) is 13.7. The number of benzene rings is 2. The van der Waals surface area contributed by atoms with Crippen LogP contribution < -0.4 is 16.8 Å². The molecule has 0 heterocycles. The normalized spacial score (nSPS) is 11.1.